The summed E-state index contributed by atoms with van der Waals surface area (Å²) in [5, 5.41) is 10.7. The van der Waals surface area contributed by atoms with Crippen molar-refractivity contribution in [1.29, 1.82) is 0 Å². The number of aliphatic imine (C=N–C) groups is 1. The third kappa shape index (κ3) is 5.77. The Morgan fingerprint density at radius 2 is 2.00 bits per heavy atom. The summed E-state index contributed by atoms with van der Waals surface area (Å²) >= 11 is 0. The molecule has 5 nitrogen and oxygen atoms in total. The van der Waals surface area contributed by atoms with E-state index < -0.39 is 0 Å². The number of nitrogens with zero attached hydrogens (tertiary/aromatic N) is 2. The molecule has 0 aliphatic heterocycles. The van der Waals surface area contributed by atoms with Gasteiger partial charge in [-0.1, -0.05) is 49.3 Å². The molecule has 5 heteroatoms. The lowest BCUT2D eigenvalue weighted by Crippen LogP contribution is -2.37. The van der Waals surface area contributed by atoms with Crippen LogP contribution < -0.4 is 10.6 Å². The Balaban J connectivity index is 1.79. The van der Waals surface area contributed by atoms with E-state index in [9.17, 15) is 0 Å². The Morgan fingerprint density at radius 1 is 1.22 bits per heavy atom. The van der Waals surface area contributed by atoms with Gasteiger partial charge in [0.2, 0.25) is 0 Å². The van der Waals surface area contributed by atoms with Crippen molar-refractivity contribution in [3.63, 3.8) is 0 Å². The van der Waals surface area contributed by atoms with Gasteiger partial charge >= 0.3 is 0 Å². The predicted octanol–water partition coefficient (Wildman–Crippen LogP) is 3.44. The first-order valence-corrected chi connectivity index (χ1v) is 8.14. The first-order chi connectivity index (χ1) is 11.2. The highest BCUT2D eigenvalue weighted by Crippen LogP contribution is 2.19. The first-order valence-electron chi connectivity index (χ1n) is 8.14. The maximum atomic E-state index is 5.39. The minimum Gasteiger partial charge on any atom is -0.356 e. The minimum absolute atomic E-state index is 0.584. The lowest BCUT2D eigenvalue weighted by molar-refractivity contribution is 0.422. The molecule has 1 aromatic carbocycles. The molecule has 0 atom stereocenters. The normalized spacial score (nSPS) is 11.7. The van der Waals surface area contributed by atoms with E-state index in [0.29, 0.717) is 6.54 Å². The van der Waals surface area contributed by atoms with Crippen LogP contribution in [-0.4, -0.2) is 24.7 Å². The van der Waals surface area contributed by atoms with Crippen molar-refractivity contribution < 1.29 is 4.52 Å². The molecule has 23 heavy (non-hydrogen) atoms. The lowest BCUT2D eigenvalue weighted by atomic mass is 10.1. The first kappa shape index (κ1) is 17.1. The smallest absolute Gasteiger partial charge is 0.191 e. The molecule has 0 saturated carbocycles. The monoisotopic (exact) mass is 314 g/mol. The van der Waals surface area contributed by atoms with E-state index in [1.807, 2.05) is 36.4 Å². The van der Waals surface area contributed by atoms with E-state index in [-0.39, 0.29) is 0 Å². The van der Waals surface area contributed by atoms with Gasteiger partial charge in [0.1, 0.15) is 5.69 Å². The van der Waals surface area contributed by atoms with Crippen molar-refractivity contribution in [2.24, 2.45) is 10.9 Å². The van der Waals surface area contributed by atoms with E-state index in [4.69, 9.17) is 4.52 Å². The number of guanidine groups is 1. The summed E-state index contributed by atoms with van der Waals surface area (Å²) in [7, 11) is 1.77. The Hall–Kier alpha value is -2.30. The van der Waals surface area contributed by atoms with Gasteiger partial charge in [-0.05, 0) is 18.8 Å². The zero-order valence-corrected chi connectivity index (χ0v) is 14.2. The molecule has 1 aromatic heterocycles. The fourth-order valence-electron chi connectivity index (χ4n) is 2.25. The molecule has 0 unspecified atom stereocenters. The van der Waals surface area contributed by atoms with E-state index in [1.54, 1.807) is 7.05 Å². The van der Waals surface area contributed by atoms with Gasteiger partial charge in [0.25, 0.3) is 0 Å². The van der Waals surface area contributed by atoms with Crippen molar-refractivity contribution in [2.75, 3.05) is 13.6 Å². The second-order valence-corrected chi connectivity index (χ2v) is 5.94. The summed E-state index contributed by atoms with van der Waals surface area (Å²) in [4.78, 5) is 4.22. The molecule has 2 N–H and O–H groups in total. The van der Waals surface area contributed by atoms with Gasteiger partial charge in [0.15, 0.2) is 11.7 Å². The molecule has 0 spiro atoms. The number of aromatic nitrogens is 1. The largest absolute Gasteiger partial charge is 0.356 e. The van der Waals surface area contributed by atoms with Crippen LogP contribution in [0.5, 0.6) is 0 Å². The van der Waals surface area contributed by atoms with E-state index in [0.717, 1.165) is 41.9 Å². The predicted molar refractivity (Wildman–Crippen MR) is 94.2 cm³/mol. The second kappa shape index (κ2) is 8.98. The highest BCUT2D eigenvalue weighted by atomic mass is 16.5. The van der Waals surface area contributed by atoms with E-state index >= 15 is 0 Å². The molecule has 124 valence electrons. The second-order valence-electron chi connectivity index (χ2n) is 5.94. The summed E-state index contributed by atoms with van der Waals surface area (Å²) in [6, 6.07) is 11.9. The van der Waals surface area contributed by atoms with Crippen molar-refractivity contribution >= 4 is 5.96 Å². The van der Waals surface area contributed by atoms with Gasteiger partial charge in [-0.25, -0.2) is 0 Å². The molecular formula is C18H26N4O. The quantitative estimate of drug-likeness (QED) is 0.467. The zero-order valence-electron chi connectivity index (χ0n) is 14.2. The molecule has 0 radical (unpaired) electrons. The Labute approximate surface area is 138 Å². The number of hydrogen-bond donors (Lipinski definition) is 2. The number of benzene rings is 1. The van der Waals surface area contributed by atoms with Crippen LogP contribution in [0.15, 0.2) is 45.9 Å². The topological polar surface area (TPSA) is 62.5 Å². The van der Waals surface area contributed by atoms with Crippen LogP contribution in [0.2, 0.25) is 0 Å². The van der Waals surface area contributed by atoms with E-state index in [2.05, 4.69) is 34.6 Å². The highest BCUT2D eigenvalue weighted by Gasteiger charge is 2.07. The summed E-state index contributed by atoms with van der Waals surface area (Å²) in [5.74, 6) is 2.30. The van der Waals surface area contributed by atoms with Crippen LogP contribution in [0.3, 0.4) is 0 Å². The summed E-state index contributed by atoms with van der Waals surface area (Å²) in [5.41, 5.74) is 1.89. The van der Waals surface area contributed by atoms with Crippen LogP contribution in [0.1, 0.15) is 32.4 Å². The number of rotatable bonds is 7. The van der Waals surface area contributed by atoms with Crippen molar-refractivity contribution in [2.45, 2.75) is 33.2 Å². The SMILES string of the molecule is CN=C(NCCCC(C)C)NCc1cc(-c2ccccc2)on1. The van der Waals surface area contributed by atoms with Gasteiger partial charge in [-0.15, -0.1) is 0 Å². The van der Waals surface area contributed by atoms with Crippen LogP contribution in [0.4, 0.5) is 0 Å². The average molecular weight is 314 g/mol. The van der Waals surface area contributed by atoms with E-state index in [1.165, 1.54) is 6.42 Å². The van der Waals surface area contributed by atoms with Gasteiger partial charge in [0.05, 0.1) is 6.54 Å². The molecule has 0 aliphatic carbocycles. The summed E-state index contributed by atoms with van der Waals surface area (Å²) in [6.45, 7) is 5.98. The third-order valence-corrected chi connectivity index (χ3v) is 3.53. The van der Waals surface area contributed by atoms with Crippen LogP contribution in [0, 0.1) is 5.92 Å². The van der Waals surface area contributed by atoms with Gasteiger partial charge in [-0.2, -0.15) is 0 Å². The maximum absolute atomic E-state index is 5.39. The summed E-state index contributed by atoms with van der Waals surface area (Å²) in [6.07, 6.45) is 2.36. The van der Waals surface area contributed by atoms with Gasteiger partial charge in [0, 0.05) is 25.2 Å². The molecule has 0 aliphatic rings. The molecule has 2 rings (SSSR count). The Morgan fingerprint density at radius 3 is 2.70 bits per heavy atom. The minimum atomic E-state index is 0.584. The molecule has 0 fully saturated rings. The fourth-order valence-corrected chi connectivity index (χ4v) is 2.25. The molecule has 2 aromatic rings. The van der Waals surface area contributed by atoms with Gasteiger partial charge in [-0.3, -0.25) is 4.99 Å². The molecule has 0 bridgehead atoms. The van der Waals surface area contributed by atoms with Crippen molar-refractivity contribution in [1.82, 2.24) is 15.8 Å². The maximum Gasteiger partial charge on any atom is 0.191 e. The average Bonchev–Trinajstić information content (AvgIpc) is 3.04. The highest BCUT2D eigenvalue weighted by molar-refractivity contribution is 5.79. The van der Waals surface area contributed by atoms with Crippen molar-refractivity contribution in [3.8, 4) is 11.3 Å². The molecule has 0 amide bonds. The number of nitrogens with one attached hydrogen (secondary N) is 2. The zero-order chi connectivity index (χ0) is 16.5. The summed E-state index contributed by atoms with van der Waals surface area (Å²) < 4.78 is 5.39. The molecule has 0 saturated heterocycles. The van der Waals surface area contributed by atoms with Gasteiger partial charge < -0.3 is 15.2 Å². The Kier molecular flexibility index (Phi) is 6.66. The fraction of sp³-hybridized carbons (Fsp3) is 0.444. The lowest BCUT2D eigenvalue weighted by Gasteiger charge is -2.11. The number of hydrogen-bond acceptors (Lipinski definition) is 3. The standard InChI is InChI=1S/C18H26N4O/c1-14(2)8-7-11-20-18(19-3)21-13-16-12-17(23-22-16)15-9-5-4-6-10-15/h4-6,9-10,12,14H,7-8,11,13H2,1-3H3,(H2,19,20,21). The molecule has 1 heterocycles. The molecular weight excluding hydrogens is 288 g/mol. The third-order valence-electron chi connectivity index (χ3n) is 3.53. The van der Waals surface area contributed by atoms with Crippen molar-refractivity contribution in [3.05, 3.63) is 42.1 Å². The Bertz CT molecular complexity index is 604. The van der Waals surface area contributed by atoms with Crippen LogP contribution in [0.25, 0.3) is 11.3 Å². The van der Waals surface area contributed by atoms with Crippen LogP contribution in [-0.2, 0) is 6.54 Å². The van der Waals surface area contributed by atoms with Crippen LogP contribution >= 0.6 is 0 Å².